The van der Waals surface area contributed by atoms with Crippen molar-refractivity contribution in [3.05, 3.63) is 60.4 Å². The number of ether oxygens (including phenoxy) is 1. The van der Waals surface area contributed by atoms with Gasteiger partial charge in [0.15, 0.2) is 0 Å². The quantitative estimate of drug-likeness (QED) is 0.416. The number of nitrogens with zero attached hydrogens (tertiary/aromatic N) is 3. The molecule has 0 bridgehead atoms. The second kappa shape index (κ2) is 11.6. The Labute approximate surface area is 204 Å². The summed E-state index contributed by atoms with van der Waals surface area (Å²) < 4.78 is 5.37. The third-order valence-electron chi connectivity index (χ3n) is 6.68. The van der Waals surface area contributed by atoms with Crippen molar-refractivity contribution in [2.45, 2.75) is 30.3 Å². The van der Waals surface area contributed by atoms with Crippen molar-refractivity contribution in [2.24, 2.45) is 17.6 Å². The summed E-state index contributed by atoms with van der Waals surface area (Å²) in [7, 11) is 1.65. The van der Waals surface area contributed by atoms with Crippen LogP contribution in [0.3, 0.4) is 0 Å². The molecule has 0 spiro atoms. The SMILES string of the molecule is COc1ccc2nccc(C(N)CC[C@@H]3CCN(CCSc4ccccn4)C[C@@H]3C(=O)O)c2c1. The van der Waals surface area contributed by atoms with Gasteiger partial charge in [-0.3, -0.25) is 9.78 Å². The van der Waals surface area contributed by atoms with Crippen LogP contribution in [0.15, 0.2) is 59.9 Å². The highest BCUT2D eigenvalue weighted by molar-refractivity contribution is 7.99. The van der Waals surface area contributed by atoms with Gasteiger partial charge >= 0.3 is 5.97 Å². The van der Waals surface area contributed by atoms with Crippen molar-refractivity contribution in [1.82, 2.24) is 14.9 Å². The highest BCUT2D eigenvalue weighted by Gasteiger charge is 2.34. The summed E-state index contributed by atoms with van der Waals surface area (Å²) in [6.45, 7) is 2.37. The number of carbonyl (C=O) groups is 1. The van der Waals surface area contributed by atoms with E-state index in [0.717, 1.165) is 65.3 Å². The number of methoxy groups -OCH3 is 1. The van der Waals surface area contributed by atoms with Gasteiger partial charge in [0.1, 0.15) is 5.75 Å². The Hall–Kier alpha value is -2.68. The Morgan fingerprint density at radius 1 is 1.26 bits per heavy atom. The van der Waals surface area contributed by atoms with Gasteiger partial charge in [-0.25, -0.2) is 4.98 Å². The summed E-state index contributed by atoms with van der Waals surface area (Å²) in [5.41, 5.74) is 8.52. The first kappa shape index (κ1) is 24.4. The molecule has 180 valence electrons. The monoisotopic (exact) mass is 480 g/mol. The number of piperidine rings is 1. The summed E-state index contributed by atoms with van der Waals surface area (Å²) in [4.78, 5) is 23.1. The molecule has 3 aromatic rings. The molecule has 34 heavy (non-hydrogen) atoms. The molecule has 7 nitrogen and oxygen atoms in total. The average molecular weight is 481 g/mol. The molecule has 1 unspecified atom stereocenters. The number of aliphatic carboxylic acids is 1. The van der Waals surface area contributed by atoms with E-state index in [-0.39, 0.29) is 17.9 Å². The number of carboxylic acids is 1. The molecule has 2 aromatic heterocycles. The molecule has 0 aliphatic carbocycles. The Morgan fingerprint density at radius 3 is 2.91 bits per heavy atom. The fraction of sp³-hybridized carbons (Fsp3) is 0.423. The maximum atomic E-state index is 12.1. The van der Waals surface area contributed by atoms with Crippen molar-refractivity contribution in [2.75, 3.05) is 32.5 Å². The summed E-state index contributed by atoms with van der Waals surface area (Å²) in [6.07, 6.45) is 5.99. The molecule has 0 radical (unpaired) electrons. The van der Waals surface area contributed by atoms with Crippen LogP contribution in [0, 0.1) is 11.8 Å². The van der Waals surface area contributed by atoms with Gasteiger partial charge in [0.05, 0.1) is 23.6 Å². The van der Waals surface area contributed by atoms with Gasteiger partial charge in [0, 0.05) is 42.7 Å². The first-order valence-corrected chi connectivity index (χ1v) is 12.7. The molecule has 1 saturated heterocycles. The van der Waals surface area contributed by atoms with E-state index in [9.17, 15) is 9.90 Å². The fourth-order valence-corrected chi connectivity index (χ4v) is 5.62. The van der Waals surface area contributed by atoms with E-state index in [2.05, 4.69) is 14.9 Å². The van der Waals surface area contributed by atoms with Crippen LogP contribution >= 0.6 is 11.8 Å². The molecule has 3 N–H and O–H groups in total. The van der Waals surface area contributed by atoms with E-state index in [0.29, 0.717) is 6.54 Å². The molecule has 1 aliphatic heterocycles. The number of fused-ring (bicyclic) bond motifs is 1. The minimum absolute atomic E-state index is 0.130. The lowest BCUT2D eigenvalue weighted by Gasteiger charge is -2.37. The number of thioether (sulfide) groups is 1. The number of carboxylic acid groups (broad SMARTS) is 1. The molecule has 0 saturated carbocycles. The van der Waals surface area contributed by atoms with Crippen molar-refractivity contribution < 1.29 is 14.6 Å². The van der Waals surface area contributed by atoms with Crippen molar-refractivity contribution in [3.63, 3.8) is 0 Å². The van der Waals surface area contributed by atoms with Gasteiger partial charge in [-0.1, -0.05) is 6.07 Å². The van der Waals surface area contributed by atoms with E-state index < -0.39 is 5.97 Å². The maximum Gasteiger partial charge on any atom is 0.308 e. The van der Waals surface area contributed by atoms with Crippen LogP contribution in [0.4, 0.5) is 0 Å². The zero-order valence-corrected chi connectivity index (χ0v) is 20.3. The molecule has 1 aromatic carbocycles. The summed E-state index contributed by atoms with van der Waals surface area (Å²) in [5, 5.41) is 11.9. The fourth-order valence-electron chi connectivity index (χ4n) is 4.75. The smallest absolute Gasteiger partial charge is 0.308 e. The molecule has 1 aliphatic rings. The van der Waals surface area contributed by atoms with Crippen LogP contribution in [0.2, 0.25) is 0 Å². The van der Waals surface area contributed by atoms with Crippen LogP contribution in [0.25, 0.3) is 10.9 Å². The van der Waals surface area contributed by atoms with Crippen molar-refractivity contribution in [3.8, 4) is 5.75 Å². The Bertz CT molecular complexity index is 1100. The minimum Gasteiger partial charge on any atom is -0.497 e. The topological polar surface area (TPSA) is 102 Å². The number of hydrogen-bond acceptors (Lipinski definition) is 7. The predicted octanol–water partition coefficient (Wildman–Crippen LogP) is 4.23. The first-order chi connectivity index (χ1) is 16.5. The van der Waals surface area contributed by atoms with Crippen LogP contribution in [-0.4, -0.2) is 58.4 Å². The maximum absolute atomic E-state index is 12.1. The zero-order valence-electron chi connectivity index (χ0n) is 19.5. The molecule has 8 heteroatoms. The van der Waals surface area contributed by atoms with Gasteiger partial charge < -0.3 is 20.5 Å². The first-order valence-electron chi connectivity index (χ1n) is 11.7. The second-order valence-electron chi connectivity index (χ2n) is 8.78. The second-order valence-corrected chi connectivity index (χ2v) is 9.89. The summed E-state index contributed by atoms with van der Waals surface area (Å²) in [5.74, 6) is 0.728. The number of rotatable bonds is 10. The highest BCUT2D eigenvalue weighted by Crippen LogP contribution is 2.33. The Balaban J connectivity index is 1.34. The standard InChI is InChI=1S/C26H32N4O3S/c1-33-19-6-8-24-21(16-19)20(9-12-28-24)23(27)7-5-18-10-13-30(17-22(18)26(31)32)14-15-34-25-4-2-3-11-29-25/h2-4,6,8-9,11-12,16,18,22-23H,5,7,10,13-15,17,27H2,1H3,(H,31,32)/t18-,22+,23?/m1/s1. The van der Waals surface area contributed by atoms with Crippen LogP contribution in [0.5, 0.6) is 5.75 Å². The van der Waals surface area contributed by atoms with E-state index in [1.807, 2.05) is 42.5 Å². The van der Waals surface area contributed by atoms with Crippen LogP contribution < -0.4 is 10.5 Å². The average Bonchev–Trinajstić information content (AvgIpc) is 2.87. The number of likely N-dealkylation sites (tertiary alicyclic amines) is 1. The van der Waals surface area contributed by atoms with E-state index in [1.165, 1.54) is 0 Å². The molecular weight excluding hydrogens is 448 g/mol. The third kappa shape index (κ3) is 6.05. The van der Waals surface area contributed by atoms with Crippen LogP contribution in [-0.2, 0) is 4.79 Å². The van der Waals surface area contributed by atoms with Crippen LogP contribution in [0.1, 0.15) is 30.9 Å². The number of hydrogen-bond donors (Lipinski definition) is 2. The Morgan fingerprint density at radius 2 is 2.15 bits per heavy atom. The van der Waals surface area contributed by atoms with E-state index in [1.54, 1.807) is 31.3 Å². The largest absolute Gasteiger partial charge is 0.497 e. The van der Waals surface area contributed by atoms with Gasteiger partial charge in [-0.2, -0.15) is 0 Å². The molecule has 3 atom stereocenters. The Kier molecular flexibility index (Phi) is 8.37. The third-order valence-corrected chi connectivity index (χ3v) is 7.61. The van der Waals surface area contributed by atoms with Crippen molar-refractivity contribution >= 4 is 28.6 Å². The number of aromatic nitrogens is 2. The lowest BCUT2D eigenvalue weighted by molar-refractivity contribution is -0.146. The highest BCUT2D eigenvalue weighted by atomic mass is 32.2. The van der Waals surface area contributed by atoms with Gasteiger partial charge in [-0.05, 0) is 73.7 Å². The lowest BCUT2D eigenvalue weighted by Crippen LogP contribution is -2.44. The zero-order chi connectivity index (χ0) is 23.9. The van der Waals surface area contributed by atoms with Crippen molar-refractivity contribution in [1.29, 1.82) is 0 Å². The number of pyridine rings is 2. The number of nitrogens with two attached hydrogens (primary N) is 1. The van der Waals surface area contributed by atoms with Gasteiger partial charge in [-0.15, -0.1) is 11.8 Å². The molecule has 1 fully saturated rings. The minimum atomic E-state index is -0.709. The molecular formula is C26H32N4O3S. The summed E-state index contributed by atoms with van der Waals surface area (Å²) in [6, 6.07) is 13.5. The van der Waals surface area contributed by atoms with E-state index in [4.69, 9.17) is 10.5 Å². The molecule has 3 heterocycles. The van der Waals surface area contributed by atoms with E-state index >= 15 is 0 Å². The summed E-state index contributed by atoms with van der Waals surface area (Å²) >= 11 is 1.71. The van der Waals surface area contributed by atoms with Gasteiger partial charge in [0.25, 0.3) is 0 Å². The normalized spacial score (nSPS) is 19.7. The predicted molar refractivity (Wildman–Crippen MR) is 135 cm³/mol. The molecule has 0 amide bonds. The lowest BCUT2D eigenvalue weighted by atomic mass is 9.81. The van der Waals surface area contributed by atoms with Gasteiger partial charge in [0.2, 0.25) is 0 Å². The molecule has 4 rings (SSSR count). The number of benzene rings is 1.